The van der Waals surface area contributed by atoms with E-state index in [4.69, 9.17) is 11.2 Å². The lowest BCUT2D eigenvalue weighted by Crippen LogP contribution is -2.40. The van der Waals surface area contributed by atoms with E-state index in [-0.39, 0.29) is 27.9 Å². The normalized spacial score (nSPS) is 15.0. The Hall–Kier alpha value is -1.58. The van der Waals surface area contributed by atoms with Crippen LogP contribution in [0.3, 0.4) is 0 Å². The average Bonchev–Trinajstić information content (AvgIpc) is 2.67. The molecule has 34 heavy (non-hydrogen) atoms. The summed E-state index contributed by atoms with van der Waals surface area (Å²) in [6, 6.07) is 0. The van der Waals surface area contributed by atoms with Gasteiger partial charge in [0.15, 0.2) is 16.6 Å². The van der Waals surface area contributed by atoms with Gasteiger partial charge in [-0.3, -0.25) is 4.79 Å². The standard InChI is InChI=1S/C28H48O4Si2/c1-11-17-24(22-27(2,3)33(7,8)30)18-14-12-13-15-19-25(20-16-21-26(29)32-6)23-28(4,5)34(9,10)31/h1,12-14,18,24-25,30-31H,16-17,20-23H2,2-10H3/b13-12+,18-14+/t24-,25-/m1/s1. The number of hydrogen-bond donors (Lipinski definition) is 2. The summed E-state index contributed by atoms with van der Waals surface area (Å²) in [5, 5.41) is -0.309. The third kappa shape index (κ3) is 12.2. The molecule has 0 fully saturated rings. The molecule has 192 valence electrons. The molecule has 0 heterocycles. The molecule has 4 nitrogen and oxygen atoms in total. The molecule has 0 saturated carbocycles. The van der Waals surface area contributed by atoms with Crippen molar-refractivity contribution in [3.8, 4) is 24.2 Å². The molecule has 0 rings (SSSR count). The van der Waals surface area contributed by atoms with Crippen LogP contribution < -0.4 is 0 Å². The number of carbonyl (C=O) groups excluding carboxylic acids is 1. The largest absolute Gasteiger partial charge is 0.469 e. The predicted octanol–water partition coefficient (Wildman–Crippen LogP) is 6.44. The molecule has 0 unspecified atom stereocenters. The molecule has 0 aliphatic heterocycles. The van der Waals surface area contributed by atoms with E-state index in [9.17, 15) is 14.4 Å². The number of esters is 1. The molecule has 0 amide bonds. The molecule has 0 aromatic heterocycles. The van der Waals surface area contributed by atoms with Crippen LogP contribution >= 0.6 is 0 Å². The Labute approximate surface area is 211 Å². The summed E-state index contributed by atoms with van der Waals surface area (Å²) >= 11 is 0. The highest BCUT2D eigenvalue weighted by atomic mass is 28.4. The van der Waals surface area contributed by atoms with Gasteiger partial charge >= 0.3 is 5.97 Å². The van der Waals surface area contributed by atoms with E-state index in [1.54, 1.807) is 0 Å². The number of carbonyl (C=O) groups is 1. The van der Waals surface area contributed by atoms with E-state index in [2.05, 4.69) is 51.5 Å². The Bertz CT molecular complexity index is 793. The Morgan fingerprint density at radius 2 is 1.59 bits per heavy atom. The third-order valence-corrected chi connectivity index (χ3v) is 14.4. The fraction of sp³-hybridized carbons (Fsp3) is 0.679. The van der Waals surface area contributed by atoms with E-state index in [0.717, 1.165) is 19.3 Å². The zero-order valence-corrected chi connectivity index (χ0v) is 25.0. The van der Waals surface area contributed by atoms with Crippen molar-refractivity contribution < 1.29 is 19.1 Å². The van der Waals surface area contributed by atoms with E-state index in [1.165, 1.54) is 7.11 Å². The van der Waals surface area contributed by atoms with Crippen molar-refractivity contribution in [1.82, 2.24) is 0 Å². The van der Waals surface area contributed by atoms with Gasteiger partial charge in [-0.05, 0) is 73.9 Å². The van der Waals surface area contributed by atoms with Crippen molar-refractivity contribution in [1.29, 1.82) is 0 Å². The van der Waals surface area contributed by atoms with Gasteiger partial charge in [0.1, 0.15) is 0 Å². The third-order valence-electron chi connectivity index (χ3n) is 7.34. The van der Waals surface area contributed by atoms with Gasteiger partial charge in [0.2, 0.25) is 0 Å². The first-order valence-electron chi connectivity index (χ1n) is 12.3. The molecule has 0 radical (unpaired) electrons. The summed E-state index contributed by atoms with van der Waals surface area (Å²) < 4.78 is 4.75. The molecule has 2 atom stereocenters. The van der Waals surface area contributed by atoms with Crippen LogP contribution in [0.15, 0.2) is 24.3 Å². The molecule has 0 spiro atoms. The van der Waals surface area contributed by atoms with E-state index >= 15 is 0 Å². The number of ether oxygens (including phenoxy) is 1. The molecule has 0 aliphatic carbocycles. The molecule has 2 N–H and O–H groups in total. The molecule has 0 saturated heterocycles. The van der Waals surface area contributed by atoms with Gasteiger partial charge in [0.05, 0.1) is 7.11 Å². The zero-order chi connectivity index (χ0) is 26.6. The maximum Gasteiger partial charge on any atom is 0.305 e. The van der Waals surface area contributed by atoms with Gasteiger partial charge < -0.3 is 14.3 Å². The van der Waals surface area contributed by atoms with E-state index < -0.39 is 16.6 Å². The van der Waals surface area contributed by atoms with Gasteiger partial charge in [-0.2, -0.15) is 0 Å². The van der Waals surface area contributed by atoms with Crippen LogP contribution in [0.2, 0.25) is 36.3 Å². The SMILES string of the molecule is C#CC[C@H](/C=C/C=C/C#C[C@H](CCCC(=O)OC)CC(C)(C)[Si](C)(C)O)CC(C)(C)[Si](C)(C)O. The Balaban J connectivity index is 5.30. The molecule has 6 heteroatoms. The molecule has 0 bridgehead atoms. The van der Waals surface area contributed by atoms with E-state index in [1.807, 2.05) is 44.4 Å². The lowest BCUT2D eigenvalue weighted by atomic mass is 9.92. The number of rotatable bonds is 13. The second-order valence-corrected chi connectivity index (χ2v) is 20.6. The van der Waals surface area contributed by atoms with Crippen LogP contribution in [0.1, 0.15) is 66.2 Å². The van der Waals surface area contributed by atoms with Crippen LogP contribution in [0.25, 0.3) is 0 Å². The van der Waals surface area contributed by atoms with Crippen molar-refractivity contribution in [3.63, 3.8) is 0 Å². The van der Waals surface area contributed by atoms with Gasteiger partial charge in [0, 0.05) is 18.8 Å². The molecule has 0 aromatic rings. The summed E-state index contributed by atoms with van der Waals surface area (Å²) in [4.78, 5) is 32.7. The highest BCUT2D eigenvalue weighted by Gasteiger charge is 2.40. The Morgan fingerprint density at radius 3 is 2.09 bits per heavy atom. The van der Waals surface area contributed by atoms with Crippen LogP contribution in [-0.4, -0.2) is 39.3 Å². The fourth-order valence-corrected chi connectivity index (χ4v) is 4.95. The maximum absolute atomic E-state index is 11.5. The minimum absolute atomic E-state index is 0.0962. The monoisotopic (exact) mass is 504 g/mol. The lowest BCUT2D eigenvalue weighted by molar-refractivity contribution is -0.140. The number of methoxy groups -OCH3 is 1. The van der Waals surface area contributed by atoms with E-state index in [0.29, 0.717) is 19.3 Å². The average molecular weight is 505 g/mol. The van der Waals surface area contributed by atoms with Crippen molar-refractivity contribution in [2.75, 3.05) is 7.11 Å². The lowest BCUT2D eigenvalue weighted by Gasteiger charge is -2.37. The van der Waals surface area contributed by atoms with Gasteiger partial charge in [0.25, 0.3) is 0 Å². The molecule has 0 aromatic carbocycles. The first kappa shape index (κ1) is 32.4. The summed E-state index contributed by atoms with van der Waals surface area (Å²) in [7, 11) is -3.23. The van der Waals surface area contributed by atoms with Crippen LogP contribution in [-0.2, 0) is 9.53 Å². The minimum atomic E-state index is -2.35. The van der Waals surface area contributed by atoms with Crippen molar-refractivity contribution >= 4 is 22.6 Å². The quantitative estimate of drug-likeness (QED) is 0.131. The summed E-state index contributed by atoms with van der Waals surface area (Å²) in [5.41, 5.74) is 0. The molecular weight excluding hydrogens is 456 g/mol. The van der Waals surface area contributed by atoms with Crippen molar-refractivity contribution in [3.05, 3.63) is 24.3 Å². The van der Waals surface area contributed by atoms with Gasteiger partial charge in [-0.25, -0.2) is 0 Å². The van der Waals surface area contributed by atoms with Crippen LogP contribution in [0.4, 0.5) is 0 Å². The highest BCUT2D eigenvalue weighted by molar-refractivity contribution is 6.73. The summed E-state index contributed by atoms with van der Waals surface area (Å²) in [5.74, 6) is 9.35. The number of hydrogen-bond acceptors (Lipinski definition) is 4. The Morgan fingerprint density at radius 1 is 1.03 bits per heavy atom. The Kier molecular flexibility index (Phi) is 13.4. The van der Waals surface area contributed by atoms with Crippen LogP contribution in [0, 0.1) is 36.0 Å². The second kappa shape index (κ2) is 14.1. The minimum Gasteiger partial charge on any atom is -0.469 e. The summed E-state index contributed by atoms with van der Waals surface area (Å²) in [6.07, 6.45) is 17.6. The smallest absolute Gasteiger partial charge is 0.305 e. The maximum atomic E-state index is 11.5. The fourth-order valence-electron chi connectivity index (χ4n) is 3.44. The summed E-state index contributed by atoms with van der Waals surface area (Å²) in [6.45, 7) is 16.3. The van der Waals surface area contributed by atoms with Crippen LogP contribution in [0.5, 0.6) is 0 Å². The zero-order valence-electron chi connectivity index (χ0n) is 23.0. The van der Waals surface area contributed by atoms with Gasteiger partial charge in [-0.1, -0.05) is 57.8 Å². The van der Waals surface area contributed by atoms with Crippen molar-refractivity contribution in [2.45, 2.75) is 102 Å². The predicted molar refractivity (Wildman–Crippen MR) is 149 cm³/mol. The molecule has 0 aliphatic rings. The van der Waals surface area contributed by atoms with Crippen molar-refractivity contribution in [2.24, 2.45) is 11.8 Å². The topological polar surface area (TPSA) is 66.8 Å². The second-order valence-electron chi connectivity index (χ2n) is 11.7. The number of allylic oxidation sites excluding steroid dienone is 4. The first-order valence-corrected chi connectivity index (χ1v) is 18.2. The number of terminal acetylenes is 1. The first-order chi connectivity index (χ1) is 15.5. The highest BCUT2D eigenvalue weighted by Crippen LogP contribution is 2.43. The van der Waals surface area contributed by atoms with Gasteiger partial charge in [-0.15, -0.1) is 12.3 Å². The molecular formula is C28H48O4Si2.